The Morgan fingerprint density at radius 1 is 0.714 bits per heavy atom. The molecule has 86 valence electrons. The van der Waals surface area contributed by atoms with Crippen molar-refractivity contribution in [2.24, 2.45) is 16.2 Å². The van der Waals surface area contributed by atoms with Gasteiger partial charge in [-0.2, -0.15) is 0 Å². The zero-order valence-corrected chi connectivity index (χ0v) is 15.7. The van der Waals surface area contributed by atoms with Gasteiger partial charge >= 0.3 is 106 Å². The van der Waals surface area contributed by atoms with Crippen molar-refractivity contribution in [1.82, 2.24) is 0 Å². The Bertz CT molecular complexity index is 153. The number of hydrogen-bond donors (Lipinski definition) is 0. The standard InChI is InChI=1S/C13H27.Bi.2H/c1-11(2,3)9-13(7,8)10-12(4,5)6;;;/h7,9-10H2,1-6,8H3;;;. The second-order valence-electron chi connectivity index (χ2n) is 7.49. The Morgan fingerprint density at radius 3 is 1.14 bits per heavy atom. The van der Waals surface area contributed by atoms with Gasteiger partial charge in [-0.15, -0.1) is 0 Å². The summed E-state index contributed by atoms with van der Waals surface area (Å²) in [6, 6.07) is 0. The third-order valence-electron chi connectivity index (χ3n) is 2.41. The Kier molecular flexibility index (Phi) is 5.12. The van der Waals surface area contributed by atoms with Crippen molar-refractivity contribution in [3.8, 4) is 0 Å². The van der Waals surface area contributed by atoms with E-state index in [9.17, 15) is 0 Å². The average Bonchev–Trinajstić information content (AvgIpc) is 1.78. The van der Waals surface area contributed by atoms with Crippen LogP contribution in [0.3, 0.4) is 0 Å². The van der Waals surface area contributed by atoms with E-state index in [1.165, 1.54) is 17.0 Å². The molecule has 0 bridgehead atoms. The van der Waals surface area contributed by atoms with Crippen molar-refractivity contribution in [2.75, 3.05) is 0 Å². The van der Waals surface area contributed by atoms with Crippen LogP contribution in [-0.2, 0) is 0 Å². The van der Waals surface area contributed by atoms with Crippen LogP contribution < -0.4 is 0 Å². The third kappa shape index (κ3) is 7.21. The Balaban J connectivity index is 4.49. The first-order valence-corrected chi connectivity index (χ1v) is 8.85. The summed E-state index contributed by atoms with van der Waals surface area (Å²) in [5.41, 5.74) is 1.55. The first-order valence-electron chi connectivity index (χ1n) is 5.68. The molecule has 0 saturated carbocycles. The molecule has 0 atom stereocenters. The van der Waals surface area contributed by atoms with Crippen LogP contribution in [0.4, 0.5) is 0 Å². The fraction of sp³-hybridized carbons (Fsp3) is 1.00. The van der Waals surface area contributed by atoms with E-state index in [2.05, 4.69) is 48.5 Å². The molecular formula is C13H29Bi. The van der Waals surface area contributed by atoms with Crippen LogP contribution in [0.2, 0.25) is 4.13 Å². The van der Waals surface area contributed by atoms with E-state index in [0.717, 1.165) is 24.7 Å². The van der Waals surface area contributed by atoms with Gasteiger partial charge in [0.1, 0.15) is 0 Å². The summed E-state index contributed by atoms with van der Waals surface area (Å²) in [6.45, 7) is 16.7. The van der Waals surface area contributed by atoms with Crippen LogP contribution in [0.1, 0.15) is 61.3 Å². The molecule has 0 spiro atoms. The van der Waals surface area contributed by atoms with Gasteiger partial charge in [0.2, 0.25) is 0 Å². The van der Waals surface area contributed by atoms with Gasteiger partial charge in [-0.25, -0.2) is 0 Å². The molecule has 1 heteroatoms. The molecule has 0 N–H and O–H groups in total. The average molecular weight is 394 g/mol. The van der Waals surface area contributed by atoms with Crippen LogP contribution in [0.25, 0.3) is 0 Å². The third-order valence-corrected chi connectivity index (χ3v) is 6.24. The van der Waals surface area contributed by atoms with Crippen LogP contribution >= 0.6 is 0 Å². The molecule has 0 saturated heterocycles. The molecule has 0 aromatic heterocycles. The molecule has 0 unspecified atom stereocenters. The minimum atomic E-state index is 0.481. The SMILES string of the molecule is CC(C)(C)CC(C)([CH2][BiH2])CC(C)(C)C. The summed E-state index contributed by atoms with van der Waals surface area (Å²) in [5.74, 6) is 0. The first kappa shape index (κ1) is 14.9. The minimum absolute atomic E-state index is 0.481. The quantitative estimate of drug-likeness (QED) is 0.637. The van der Waals surface area contributed by atoms with Gasteiger partial charge in [0.05, 0.1) is 0 Å². The molecule has 0 heterocycles. The van der Waals surface area contributed by atoms with Crippen molar-refractivity contribution in [3.05, 3.63) is 0 Å². The fourth-order valence-electron chi connectivity index (χ4n) is 2.77. The number of hydrogen-bond acceptors (Lipinski definition) is 0. The van der Waals surface area contributed by atoms with E-state index in [4.69, 9.17) is 0 Å². The monoisotopic (exact) mass is 394 g/mol. The molecule has 14 heavy (non-hydrogen) atoms. The zero-order chi connectivity index (χ0) is 11.6. The molecule has 0 aliphatic carbocycles. The predicted molar refractivity (Wildman–Crippen MR) is 69.6 cm³/mol. The van der Waals surface area contributed by atoms with Gasteiger partial charge in [-0.3, -0.25) is 0 Å². The summed E-state index contributed by atoms with van der Waals surface area (Å²) in [7, 11) is 0. The molecule has 0 aromatic carbocycles. The fourth-order valence-corrected chi connectivity index (χ4v) is 3.89. The topological polar surface area (TPSA) is 0 Å². The maximum absolute atomic E-state index is 2.49. The number of rotatable bonds is 3. The Hall–Kier alpha value is 0.883. The van der Waals surface area contributed by atoms with Crippen LogP contribution in [0.5, 0.6) is 0 Å². The van der Waals surface area contributed by atoms with Crippen LogP contribution in [0.15, 0.2) is 0 Å². The Labute approximate surface area is 106 Å². The van der Waals surface area contributed by atoms with Crippen molar-refractivity contribution < 1.29 is 0 Å². The molecule has 0 aromatic rings. The predicted octanol–water partition coefficient (Wildman–Crippen LogP) is 3.92. The van der Waals surface area contributed by atoms with E-state index in [0.29, 0.717) is 16.2 Å². The summed E-state index contributed by atoms with van der Waals surface area (Å²) in [5, 5.41) is 0. The van der Waals surface area contributed by atoms with Gasteiger partial charge in [0.25, 0.3) is 0 Å². The van der Waals surface area contributed by atoms with E-state index in [-0.39, 0.29) is 0 Å². The van der Waals surface area contributed by atoms with Crippen molar-refractivity contribution in [2.45, 2.75) is 65.4 Å². The van der Waals surface area contributed by atoms with E-state index in [1.54, 1.807) is 0 Å². The summed E-state index contributed by atoms with van der Waals surface area (Å²) in [4.78, 5) is 0. The van der Waals surface area contributed by atoms with E-state index in [1.807, 2.05) is 0 Å². The van der Waals surface area contributed by atoms with Crippen molar-refractivity contribution >= 4 is 24.7 Å². The van der Waals surface area contributed by atoms with Crippen LogP contribution in [0, 0.1) is 16.2 Å². The second kappa shape index (κ2) is 4.81. The van der Waals surface area contributed by atoms with Crippen molar-refractivity contribution in [3.63, 3.8) is 0 Å². The molecule has 0 nitrogen and oxygen atoms in total. The summed E-state index contributed by atoms with van der Waals surface area (Å²) >= 11 is 1.13. The van der Waals surface area contributed by atoms with Gasteiger partial charge < -0.3 is 0 Å². The summed E-state index contributed by atoms with van der Waals surface area (Å²) in [6.07, 6.45) is 2.74. The maximum atomic E-state index is 2.49. The van der Waals surface area contributed by atoms with Crippen LogP contribution in [-0.4, -0.2) is 24.7 Å². The normalized spacial score (nSPS) is 14.6. The van der Waals surface area contributed by atoms with Gasteiger partial charge in [0.15, 0.2) is 0 Å². The molecule has 0 aliphatic heterocycles. The second-order valence-corrected chi connectivity index (χ2v) is 9.08. The molecule has 0 fully saturated rings. The van der Waals surface area contributed by atoms with E-state index < -0.39 is 0 Å². The van der Waals surface area contributed by atoms with Gasteiger partial charge in [-0.1, -0.05) is 0 Å². The molecule has 0 radical (unpaired) electrons. The Morgan fingerprint density at radius 2 is 1.00 bits per heavy atom. The molecule has 0 rings (SSSR count). The van der Waals surface area contributed by atoms with E-state index >= 15 is 0 Å². The zero-order valence-electron chi connectivity index (χ0n) is 11.2. The molecular weight excluding hydrogens is 365 g/mol. The van der Waals surface area contributed by atoms with Gasteiger partial charge in [0, 0.05) is 0 Å². The van der Waals surface area contributed by atoms with Crippen molar-refractivity contribution in [1.29, 1.82) is 0 Å². The van der Waals surface area contributed by atoms with Gasteiger partial charge in [-0.05, 0) is 0 Å². The molecule has 0 aliphatic rings. The molecule has 0 amide bonds. The first-order chi connectivity index (χ1) is 5.97. The summed E-state index contributed by atoms with van der Waals surface area (Å²) < 4.78 is 1.46.